The molecule has 1 aromatic rings. The summed E-state index contributed by atoms with van der Waals surface area (Å²) in [5, 5.41) is 16.1. The molecule has 1 heterocycles. The van der Waals surface area contributed by atoms with E-state index in [9.17, 15) is 19.2 Å². The van der Waals surface area contributed by atoms with Crippen molar-refractivity contribution in [3.8, 4) is 0 Å². The molecule has 0 aliphatic rings. The predicted octanol–water partition coefficient (Wildman–Crippen LogP) is -2.69. The number of carbonyl (C=O) groups is 4. The molecule has 150 valence electrons. The van der Waals surface area contributed by atoms with Crippen molar-refractivity contribution < 1.29 is 24.3 Å². The van der Waals surface area contributed by atoms with E-state index in [-0.39, 0.29) is 17.9 Å². The number of aromatic nitrogens is 2. The second kappa shape index (κ2) is 11.5. The van der Waals surface area contributed by atoms with Gasteiger partial charge in [-0.05, 0) is 0 Å². The van der Waals surface area contributed by atoms with Gasteiger partial charge in [-0.2, -0.15) is 25.3 Å². The Balaban J connectivity index is 2.73. The molecule has 3 atom stereocenters. The molecular formula is C14H22N6O5S2. The Morgan fingerprint density at radius 1 is 1.15 bits per heavy atom. The zero-order valence-electron chi connectivity index (χ0n) is 14.2. The fraction of sp³-hybridized carbons (Fsp3) is 0.500. The number of hydrogen-bond donors (Lipinski definition) is 8. The minimum Gasteiger partial charge on any atom is -0.480 e. The van der Waals surface area contributed by atoms with Gasteiger partial charge >= 0.3 is 5.97 Å². The van der Waals surface area contributed by atoms with Gasteiger partial charge in [-0.3, -0.25) is 14.4 Å². The first-order valence-corrected chi connectivity index (χ1v) is 9.10. The van der Waals surface area contributed by atoms with Gasteiger partial charge in [-0.25, -0.2) is 9.78 Å². The molecule has 11 nitrogen and oxygen atoms in total. The number of amides is 3. The second-order valence-electron chi connectivity index (χ2n) is 5.47. The number of nitrogens with one attached hydrogen (secondary N) is 4. The maximum Gasteiger partial charge on any atom is 0.327 e. The van der Waals surface area contributed by atoms with E-state index in [4.69, 9.17) is 10.8 Å². The first-order valence-electron chi connectivity index (χ1n) is 7.83. The summed E-state index contributed by atoms with van der Waals surface area (Å²) in [5.41, 5.74) is 5.96. The van der Waals surface area contributed by atoms with E-state index >= 15 is 0 Å². The number of thiol groups is 2. The average Bonchev–Trinajstić information content (AvgIpc) is 3.15. The van der Waals surface area contributed by atoms with Crippen molar-refractivity contribution in [1.82, 2.24) is 25.9 Å². The number of carbonyl (C=O) groups excluding carboxylic acids is 3. The van der Waals surface area contributed by atoms with Gasteiger partial charge in [0.2, 0.25) is 17.7 Å². The summed E-state index contributed by atoms with van der Waals surface area (Å²) in [4.78, 5) is 53.8. The molecule has 7 N–H and O–H groups in total. The predicted molar refractivity (Wildman–Crippen MR) is 102 cm³/mol. The SMILES string of the molecule is N[C@@H](CS)C(=O)NCC(=O)N[C@@H](Cc1c[nH]cn1)C(=O)N[C@@H](CS)C(=O)O. The Bertz CT molecular complexity index is 656. The van der Waals surface area contributed by atoms with Crippen molar-refractivity contribution >= 4 is 48.9 Å². The van der Waals surface area contributed by atoms with Gasteiger partial charge in [0.05, 0.1) is 24.6 Å². The number of H-pyrrole nitrogens is 1. The Morgan fingerprint density at radius 3 is 2.37 bits per heavy atom. The summed E-state index contributed by atoms with van der Waals surface area (Å²) in [7, 11) is 0. The number of nitrogens with zero attached hydrogens (tertiary/aromatic N) is 1. The molecule has 0 spiro atoms. The molecule has 0 aliphatic carbocycles. The zero-order chi connectivity index (χ0) is 20.4. The highest BCUT2D eigenvalue weighted by Gasteiger charge is 2.26. The number of imidazole rings is 1. The van der Waals surface area contributed by atoms with Crippen LogP contribution >= 0.6 is 25.3 Å². The van der Waals surface area contributed by atoms with E-state index in [0.717, 1.165) is 0 Å². The van der Waals surface area contributed by atoms with Crippen LogP contribution in [0.1, 0.15) is 5.69 Å². The molecule has 0 fully saturated rings. The van der Waals surface area contributed by atoms with E-state index in [1.165, 1.54) is 12.5 Å². The van der Waals surface area contributed by atoms with Crippen molar-refractivity contribution in [2.45, 2.75) is 24.5 Å². The van der Waals surface area contributed by atoms with Crippen LogP contribution in [0.25, 0.3) is 0 Å². The van der Waals surface area contributed by atoms with Crippen molar-refractivity contribution in [3.63, 3.8) is 0 Å². The van der Waals surface area contributed by atoms with Crippen LogP contribution < -0.4 is 21.7 Å². The van der Waals surface area contributed by atoms with Crippen molar-refractivity contribution in [1.29, 1.82) is 0 Å². The molecule has 0 aromatic carbocycles. The van der Waals surface area contributed by atoms with Gasteiger partial charge in [0.25, 0.3) is 0 Å². The summed E-state index contributed by atoms with van der Waals surface area (Å²) in [6.07, 6.45) is 2.95. The van der Waals surface area contributed by atoms with Crippen LogP contribution in [0.5, 0.6) is 0 Å². The maximum atomic E-state index is 12.4. The molecule has 1 rings (SSSR count). The van der Waals surface area contributed by atoms with Gasteiger partial charge < -0.3 is 31.8 Å². The van der Waals surface area contributed by atoms with Gasteiger partial charge in [0.1, 0.15) is 12.1 Å². The minimum absolute atomic E-state index is 0.0179. The highest BCUT2D eigenvalue weighted by Crippen LogP contribution is 2.00. The molecule has 27 heavy (non-hydrogen) atoms. The topological polar surface area (TPSA) is 179 Å². The third-order valence-electron chi connectivity index (χ3n) is 3.37. The summed E-state index contributed by atoms with van der Waals surface area (Å²) in [6.45, 7) is -0.403. The number of carboxylic acids is 1. The van der Waals surface area contributed by atoms with E-state index in [0.29, 0.717) is 5.69 Å². The molecule has 0 saturated carbocycles. The molecule has 0 aliphatic heterocycles. The lowest BCUT2D eigenvalue weighted by Crippen LogP contribution is -2.55. The molecule has 0 unspecified atom stereocenters. The standard InChI is InChI=1S/C14H22N6O5S2/c15-8(4-26)12(22)17-3-11(21)19-9(1-7-2-16-6-18-7)13(23)20-10(5-27)14(24)25/h2,6,8-10,26-27H,1,3-5,15H2,(H,16,18)(H,17,22)(H,19,21)(H,20,23)(H,24,25)/t8-,9-,10-/m0/s1. The van der Waals surface area contributed by atoms with Crippen molar-refractivity contribution in [2.24, 2.45) is 5.73 Å². The number of aliphatic carboxylic acids is 1. The smallest absolute Gasteiger partial charge is 0.327 e. The van der Waals surface area contributed by atoms with Gasteiger partial charge in [0, 0.05) is 24.1 Å². The summed E-state index contributed by atoms with van der Waals surface area (Å²) in [5.74, 6) is -3.19. The minimum atomic E-state index is -1.25. The Hall–Kier alpha value is -2.25. The highest BCUT2D eigenvalue weighted by atomic mass is 32.1. The van der Waals surface area contributed by atoms with E-state index in [1.54, 1.807) is 0 Å². The normalized spacial score (nSPS) is 13.9. The third kappa shape index (κ3) is 7.88. The van der Waals surface area contributed by atoms with Crippen LogP contribution in [-0.4, -0.2) is 74.9 Å². The average molecular weight is 419 g/mol. The number of nitrogens with two attached hydrogens (primary N) is 1. The van der Waals surface area contributed by atoms with E-state index in [1.807, 2.05) is 0 Å². The molecule has 0 radical (unpaired) electrons. The lowest BCUT2D eigenvalue weighted by atomic mass is 10.1. The molecule has 3 amide bonds. The summed E-state index contributed by atoms with van der Waals surface area (Å²) in [6, 6.07) is -3.18. The van der Waals surface area contributed by atoms with E-state index < -0.39 is 48.4 Å². The molecule has 13 heteroatoms. The van der Waals surface area contributed by atoms with E-state index in [2.05, 4.69) is 51.2 Å². The molecule has 0 saturated heterocycles. The Morgan fingerprint density at radius 2 is 1.85 bits per heavy atom. The van der Waals surface area contributed by atoms with Crippen LogP contribution in [0.3, 0.4) is 0 Å². The van der Waals surface area contributed by atoms with Crippen LogP contribution in [0.2, 0.25) is 0 Å². The lowest BCUT2D eigenvalue weighted by Gasteiger charge is -2.20. The summed E-state index contributed by atoms with van der Waals surface area (Å²) >= 11 is 7.76. The van der Waals surface area contributed by atoms with Crippen LogP contribution in [-0.2, 0) is 25.6 Å². The van der Waals surface area contributed by atoms with Gasteiger partial charge in [-0.1, -0.05) is 0 Å². The Labute approximate surface area is 166 Å². The molecule has 1 aromatic heterocycles. The second-order valence-corrected chi connectivity index (χ2v) is 6.20. The highest BCUT2D eigenvalue weighted by molar-refractivity contribution is 7.80. The van der Waals surface area contributed by atoms with Gasteiger partial charge in [-0.15, -0.1) is 0 Å². The summed E-state index contributed by atoms with van der Waals surface area (Å²) < 4.78 is 0. The maximum absolute atomic E-state index is 12.4. The van der Waals surface area contributed by atoms with Crippen LogP contribution in [0.4, 0.5) is 0 Å². The fourth-order valence-corrected chi connectivity index (χ4v) is 2.32. The van der Waals surface area contributed by atoms with Crippen molar-refractivity contribution in [2.75, 3.05) is 18.1 Å². The number of carboxylic acid groups (broad SMARTS) is 1. The first kappa shape index (κ1) is 22.8. The van der Waals surface area contributed by atoms with Crippen LogP contribution in [0, 0.1) is 0 Å². The third-order valence-corrected chi connectivity index (χ3v) is 4.13. The van der Waals surface area contributed by atoms with Crippen LogP contribution in [0.15, 0.2) is 12.5 Å². The quantitative estimate of drug-likeness (QED) is 0.180. The monoisotopic (exact) mass is 418 g/mol. The van der Waals surface area contributed by atoms with Crippen molar-refractivity contribution in [3.05, 3.63) is 18.2 Å². The lowest BCUT2D eigenvalue weighted by molar-refractivity contribution is -0.141. The fourth-order valence-electron chi connectivity index (χ4n) is 1.91. The zero-order valence-corrected chi connectivity index (χ0v) is 16.0. The largest absolute Gasteiger partial charge is 0.480 e. The first-order chi connectivity index (χ1) is 12.8. The number of rotatable bonds is 11. The molecule has 0 bridgehead atoms. The Kier molecular flexibility index (Phi) is 9.67. The van der Waals surface area contributed by atoms with Gasteiger partial charge in [0.15, 0.2) is 0 Å². The number of aromatic amines is 1. The number of hydrogen-bond acceptors (Lipinski definition) is 8. The molecular weight excluding hydrogens is 396 g/mol.